The van der Waals surface area contributed by atoms with Crippen molar-refractivity contribution >= 4 is 23.5 Å². The first-order valence-corrected chi connectivity index (χ1v) is 11.0. The van der Waals surface area contributed by atoms with Crippen molar-refractivity contribution in [3.05, 3.63) is 58.9 Å². The quantitative estimate of drug-likeness (QED) is 0.460. The molecule has 3 aromatic rings. The lowest BCUT2D eigenvalue weighted by Crippen LogP contribution is -2.25. The molecule has 156 valence electrons. The largest absolute Gasteiger partial charge is 0.293 e. The van der Waals surface area contributed by atoms with Crippen molar-refractivity contribution in [1.29, 1.82) is 0 Å². The van der Waals surface area contributed by atoms with E-state index in [1.165, 1.54) is 24.6 Å². The van der Waals surface area contributed by atoms with Gasteiger partial charge < -0.3 is 0 Å². The van der Waals surface area contributed by atoms with Gasteiger partial charge in [-0.3, -0.25) is 19.7 Å². The van der Waals surface area contributed by atoms with Crippen molar-refractivity contribution in [2.75, 3.05) is 11.2 Å². The molecule has 1 N–H and O–H groups in total. The summed E-state index contributed by atoms with van der Waals surface area (Å²) in [4.78, 5) is 25.4. The van der Waals surface area contributed by atoms with Crippen LogP contribution in [0.15, 0.2) is 41.6 Å². The fourth-order valence-electron chi connectivity index (χ4n) is 3.84. The van der Waals surface area contributed by atoms with Crippen molar-refractivity contribution in [2.24, 2.45) is 0 Å². The molecule has 2 heterocycles. The number of nitrogens with zero attached hydrogens (tertiary/aromatic N) is 5. The molecule has 1 saturated carbocycles. The topological polar surface area (TPSA) is 94.7 Å². The van der Waals surface area contributed by atoms with E-state index in [2.05, 4.69) is 21.0 Å². The third-order valence-electron chi connectivity index (χ3n) is 5.45. The van der Waals surface area contributed by atoms with Gasteiger partial charge in [0.25, 0.3) is 5.91 Å². The first-order chi connectivity index (χ1) is 14.5. The van der Waals surface area contributed by atoms with Crippen LogP contribution in [0.4, 0.5) is 0 Å². The number of aromatic nitrogens is 5. The van der Waals surface area contributed by atoms with Crippen molar-refractivity contribution in [3.63, 3.8) is 0 Å². The number of aryl methyl sites for hydroxylation is 1. The van der Waals surface area contributed by atoms with Crippen LogP contribution in [0.2, 0.25) is 0 Å². The van der Waals surface area contributed by atoms with Gasteiger partial charge in [-0.2, -0.15) is 0 Å². The molecule has 4 rings (SSSR count). The third kappa shape index (κ3) is 4.16. The molecular formula is C21H24N6O2S. The van der Waals surface area contributed by atoms with Gasteiger partial charge in [0.05, 0.1) is 11.8 Å². The van der Waals surface area contributed by atoms with Crippen LogP contribution in [0.25, 0.3) is 0 Å². The zero-order valence-electron chi connectivity index (χ0n) is 17.0. The highest BCUT2D eigenvalue weighted by molar-refractivity contribution is 7.99. The van der Waals surface area contributed by atoms with E-state index >= 15 is 0 Å². The molecule has 1 amide bonds. The van der Waals surface area contributed by atoms with E-state index in [1.54, 1.807) is 16.8 Å². The molecule has 0 bridgehead atoms. The standard InChI is InChI=1S/C21H24N6O2S/c1-14-12-18(15(2)26(14)23-20(29)16-8-4-3-5-9-16)19(28)13-30-21-22-24-25-27(21)17-10-6-7-11-17/h3-5,8-9,12,17H,6-7,10-11,13H2,1-2H3,(H,23,29). The lowest BCUT2D eigenvalue weighted by molar-refractivity contribution is 0.0999. The predicted octanol–water partition coefficient (Wildman–Crippen LogP) is 3.57. The monoisotopic (exact) mass is 424 g/mol. The van der Waals surface area contributed by atoms with Gasteiger partial charge >= 0.3 is 0 Å². The summed E-state index contributed by atoms with van der Waals surface area (Å²) in [5.74, 6) is 0.0000936. The fraction of sp³-hybridized carbons (Fsp3) is 0.381. The lowest BCUT2D eigenvalue weighted by atomic mass is 10.2. The number of hydrogen-bond donors (Lipinski definition) is 1. The Bertz CT molecular complexity index is 1050. The van der Waals surface area contributed by atoms with E-state index < -0.39 is 0 Å². The fourth-order valence-corrected chi connectivity index (χ4v) is 4.67. The Morgan fingerprint density at radius 1 is 1.17 bits per heavy atom. The van der Waals surface area contributed by atoms with E-state index in [0.717, 1.165) is 18.5 Å². The van der Waals surface area contributed by atoms with Gasteiger partial charge in [0, 0.05) is 22.5 Å². The summed E-state index contributed by atoms with van der Waals surface area (Å²) in [7, 11) is 0. The van der Waals surface area contributed by atoms with Crippen molar-refractivity contribution in [1.82, 2.24) is 24.9 Å². The van der Waals surface area contributed by atoms with Crippen LogP contribution in [-0.2, 0) is 0 Å². The highest BCUT2D eigenvalue weighted by Crippen LogP contribution is 2.31. The number of carbonyl (C=O) groups excluding carboxylic acids is 2. The Balaban J connectivity index is 1.44. The highest BCUT2D eigenvalue weighted by Gasteiger charge is 2.23. The van der Waals surface area contributed by atoms with Crippen LogP contribution in [0.1, 0.15) is 63.8 Å². The van der Waals surface area contributed by atoms with Crippen LogP contribution < -0.4 is 5.43 Å². The Labute approximate surface area is 179 Å². The summed E-state index contributed by atoms with van der Waals surface area (Å²) in [5, 5.41) is 12.7. The maximum absolute atomic E-state index is 12.9. The second-order valence-electron chi connectivity index (χ2n) is 7.48. The van der Waals surface area contributed by atoms with Crippen LogP contribution in [0.3, 0.4) is 0 Å². The minimum Gasteiger partial charge on any atom is -0.293 e. The van der Waals surface area contributed by atoms with Gasteiger partial charge in [0.15, 0.2) is 5.78 Å². The molecule has 9 heteroatoms. The van der Waals surface area contributed by atoms with Crippen LogP contribution in [0.5, 0.6) is 0 Å². The maximum atomic E-state index is 12.9. The zero-order chi connectivity index (χ0) is 21.1. The smallest absolute Gasteiger partial charge is 0.270 e. The van der Waals surface area contributed by atoms with Crippen LogP contribution >= 0.6 is 11.8 Å². The Morgan fingerprint density at radius 3 is 2.63 bits per heavy atom. The van der Waals surface area contributed by atoms with E-state index in [4.69, 9.17) is 0 Å². The summed E-state index contributed by atoms with van der Waals surface area (Å²) in [6, 6.07) is 11.1. The van der Waals surface area contributed by atoms with E-state index in [-0.39, 0.29) is 17.4 Å². The molecule has 0 radical (unpaired) electrons. The Hall–Kier alpha value is -2.94. The summed E-state index contributed by atoms with van der Waals surface area (Å²) < 4.78 is 3.52. The number of Topliss-reactive ketones (excluding diaryl/α,β-unsaturated/α-hetero) is 1. The molecule has 8 nitrogen and oxygen atoms in total. The molecule has 1 aromatic carbocycles. The number of nitrogens with one attached hydrogen (secondary N) is 1. The average molecular weight is 425 g/mol. The SMILES string of the molecule is Cc1cc(C(=O)CSc2nnnn2C2CCCC2)c(C)n1NC(=O)c1ccccc1. The molecule has 0 saturated heterocycles. The van der Waals surface area contributed by atoms with E-state index in [1.807, 2.05) is 42.8 Å². The number of amides is 1. The summed E-state index contributed by atoms with van der Waals surface area (Å²) in [5.41, 5.74) is 5.52. The van der Waals surface area contributed by atoms with Crippen molar-refractivity contribution < 1.29 is 9.59 Å². The lowest BCUT2D eigenvalue weighted by Gasteiger charge is -2.12. The minimum absolute atomic E-state index is 0.0192. The third-order valence-corrected chi connectivity index (χ3v) is 6.38. The van der Waals surface area contributed by atoms with Crippen molar-refractivity contribution in [3.8, 4) is 0 Å². The Morgan fingerprint density at radius 2 is 1.90 bits per heavy atom. The Kier molecular flexibility index (Phi) is 5.98. The second kappa shape index (κ2) is 8.83. The van der Waals surface area contributed by atoms with Gasteiger partial charge in [0.1, 0.15) is 0 Å². The number of carbonyl (C=O) groups is 2. The highest BCUT2D eigenvalue weighted by atomic mass is 32.2. The summed E-state index contributed by atoms with van der Waals surface area (Å²) >= 11 is 1.36. The van der Waals surface area contributed by atoms with Gasteiger partial charge in [-0.1, -0.05) is 42.8 Å². The molecule has 0 aliphatic heterocycles. The van der Waals surface area contributed by atoms with Gasteiger partial charge in [-0.05, 0) is 55.3 Å². The average Bonchev–Trinajstić information content (AvgIpc) is 3.49. The number of tetrazole rings is 1. The molecule has 0 atom stereocenters. The van der Waals surface area contributed by atoms with Gasteiger partial charge in [-0.15, -0.1) is 5.10 Å². The van der Waals surface area contributed by atoms with Crippen LogP contribution in [0, 0.1) is 13.8 Å². The predicted molar refractivity (Wildman–Crippen MR) is 114 cm³/mol. The van der Waals surface area contributed by atoms with Gasteiger partial charge in [-0.25, -0.2) is 4.68 Å². The normalized spacial score (nSPS) is 14.2. The van der Waals surface area contributed by atoms with E-state index in [0.29, 0.717) is 28.0 Å². The molecule has 1 fully saturated rings. The summed E-state index contributed by atoms with van der Waals surface area (Å²) in [6.07, 6.45) is 4.53. The maximum Gasteiger partial charge on any atom is 0.270 e. The molecule has 1 aliphatic carbocycles. The minimum atomic E-state index is -0.221. The molecule has 2 aromatic heterocycles. The molecular weight excluding hydrogens is 400 g/mol. The number of ketones is 1. The number of benzene rings is 1. The first-order valence-electron chi connectivity index (χ1n) is 10.0. The summed E-state index contributed by atoms with van der Waals surface area (Å²) in [6.45, 7) is 3.70. The molecule has 0 spiro atoms. The zero-order valence-corrected chi connectivity index (χ0v) is 17.9. The first kappa shape index (κ1) is 20.3. The van der Waals surface area contributed by atoms with Crippen molar-refractivity contribution in [2.45, 2.75) is 50.7 Å². The van der Waals surface area contributed by atoms with E-state index in [9.17, 15) is 9.59 Å². The number of hydrogen-bond acceptors (Lipinski definition) is 6. The van der Waals surface area contributed by atoms with Crippen LogP contribution in [-0.4, -0.2) is 42.3 Å². The number of thioether (sulfide) groups is 1. The second-order valence-corrected chi connectivity index (χ2v) is 8.43. The molecule has 0 unspecified atom stereocenters. The number of rotatable bonds is 7. The molecule has 30 heavy (non-hydrogen) atoms. The van der Waals surface area contributed by atoms with Gasteiger partial charge in [0.2, 0.25) is 5.16 Å². The molecule has 1 aliphatic rings.